The van der Waals surface area contributed by atoms with Crippen LogP contribution >= 0.6 is 0 Å². The third-order valence-corrected chi connectivity index (χ3v) is 10.1. The van der Waals surface area contributed by atoms with Gasteiger partial charge in [0.2, 0.25) is 23.6 Å². The van der Waals surface area contributed by atoms with Crippen LogP contribution in [0.5, 0.6) is 0 Å². The molecule has 0 radical (unpaired) electrons. The number of unbranched alkanes of at least 4 members (excludes halogenated alkanes) is 3. The molecule has 0 aromatic carbocycles. The minimum atomic E-state index is -4.08. The Hall–Kier alpha value is -3.60. The summed E-state index contributed by atoms with van der Waals surface area (Å²) in [5.41, 5.74) is 0.306. The molecule has 0 aromatic rings. The summed E-state index contributed by atoms with van der Waals surface area (Å²) in [5.74, 6) is -2.57. The molecule has 4 amide bonds. The maximum absolute atomic E-state index is 11.2. The van der Waals surface area contributed by atoms with Crippen LogP contribution in [-0.4, -0.2) is 150 Å². The van der Waals surface area contributed by atoms with Gasteiger partial charge < -0.3 is 30.7 Å². The molecule has 0 bridgehead atoms. The Labute approximate surface area is 367 Å². The molecule has 8 N–H and O–H groups in total. The summed E-state index contributed by atoms with van der Waals surface area (Å²) in [6.07, 6.45) is 5.59. The largest absolute Gasteiger partial charge is 0.381 e. The van der Waals surface area contributed by atoms with Gasteiger partial charge >= 0.3 is 0 Å². The molecular formula is C36H68N4O18S4. The highest BCUT2D eigenvalue weighted by atomic mass is 32.2. The molecule has 364 valence electrons. The highest BCUT2D eigenvalue weighted by Gasteiger charge is 2.25. The van der Waals surface area contributed by atoms with E-state index in [9.17, 15) is 52.8 Å². The minimum absolute atomic E-state index is 0.104. The second-order valence-electron chi connectivity index (χ2n) is 14.0. The van der Waals surface area contributed by atoms with Gasteiger partial charge in [0, 0.05) is 56.2 Å². The van der Waals surface area contributed by atoms with Crippen LogP contribution in [0.2, 0.25) is 0 Å². The van der Waals surface area contributed by atoms with Crippen LogP contribution in [0.15, 0.2) is 49.1 Å². The van der Waals surface area contributed by atoms with Crippen molar-refractivity contribution in [3.05, 3.63) is 49.1 Å². The molecular weight excluding hydrogens is 905 g/mol. The van der Waals surface area contributed by atoms with E-state index >= 15 is 0 Å². The second kappa shape index (κ2) is 34.8. The van der Waals surface area contributed by atoms with Crippen LogP contribution in [0, 0.1) is 0 Å². The molecule has 62 heavy (non-hydrogen) atoms. The van der Waals surface area contributed by atoms with Crippen molar-refractivity contribution in [2.75, 3.05) is 69.1 Å². The third kappa shape index (κ3) is 56.4. The third-order valence-electron chi connectivity index (χ3n) is 6.63. The Morgan fingerprint density at radius 3 is 1.23 bits per heavy atom. The van der Waals surface area contributed by atoms with Gasteiger partial charge in [-0.3, -0.25) is 37.4 Å². The molecule has 0 spiro atoms. The van der Waals surface area contributed by atoms with Crippen LogP contribution in [-0.2, 0) is 69.1 Å². The molecule has 0 fully saturated rings. The molecule has 0 heterocycles. The van der Waals surface area contributed by atoms with Gasteiger partial charge in [-0.2, -0.15) is 33.7 Å². The van der Waals surface area contributed by atoms with E-state index in [2.05, 4.69) is 47.6 Å². The number of hydrogen-bond donors (Lipinski definition) is 8. The smallest absolute Gasteiger partial charge is 0.267 e. The predicted molar refractivity (Wildman–Crippen MR) is 236 cm³/mol. The van der Waals surface area contributed by atoms with E-state index in [1.807, 2.05) is 0 Å². The van der Waals surface area contributed by atoms with Gasteiger partial charge in [0.25, 0.3) is 40.5 Å². The van der Waals surface area contributed by atoms with Crippen LogP contribution in [0.1, 0.15) is 79.6 Å². The summed E-state index contributed by atoms with van der Waals surface area (Å²) < 4.78 is 127. The number of carbonyl (C=O) groups excluding carboxylic acids is 4. The maximum atomic E-state index is 11.2. The normalized spacial score (nSPS) is 11.4. The van der Waals surface area contributed by atoms with Crippen LogP contribution in [0.25, 0.3) is 0 Å². The van der Waals surface area contributed by atoms with Crippen molar-refractivity contribution in [3.63, 3.8) is 0 Å². The van der Waals surface area contributed by atoms with Gasteiger partial charge in [0.1, 0.15) is 0 Å². The zero-order chi connectivity index (χ0) is 49.2. The Morgan fingerprint density at radius 2 is 0.855 bits per heavy atom. The number of hydrogen-bond acceptors (Lipinski definition) is 14. The van der Waals surface area contributed by atoms with Crippen LogP contribution in [0.3, 0.4) is 0 Å². The number of ether oxygens (including phenoxy) is 2. The van der Waals surface area contributed by atoms with Crippen molar-refractivity contribution in [3.8, 4) is 0 Å². The van der Waals surface area contributed by atoms with Crippen molar-refractivity contribution in [2.24, 2.45) is 0 Å². The summed E-state index contributed by atoms with van der Waals surface area (Å²) in [6, 6.07) is 0. The van der Waals surface area contributed by atoms with Crippen LogP contribution in [0.4, 0.5) is 0 Å². The van der Waals surface area contributed by atoms with E-state index in [0.29, 0.717) is 56.1 Å². The number of rotatable bonds is 29. The standard InChI is InChI=1S/C13H25NO5S.C9H17NO5S.2C7H13NO4S/c1-12(2)13(15)14-8-5-3-4-6-9-19-10-7-11-20(16,17)18;1-8(2)9(11)10-4-6-15-5-3-7-16(12,13)14;1-6(2)7(9)8-4-3-5-13(10,11)12;1-4-6(9)8-7(2,3)5-13(10,11)12/h1,3-11H2,2H3,(H,14,15)(H,16,17,18);1,3-7H2,2H3,(H,10,11)(H,12,13,14);1,3-5H2,2H3,(H,8,9)(H,10,11,12);4H,1,5H2,2-3H3,(H,8,9)(H,10,11,12). The molecule has 26 heteroatoms. The fourth-order valence-corrected chi connectivity index (χ4v) is 6.26. The monoisotopic (exact) mass is 972 g/mol. The Kier molecular flexibility index (Phi) is 36.5. The van der Waals surface area contributed by atoms with Crippen LogP contribution < -0.4 is 21.3 Å². The molecule has 0 atom stereocenters. The lowest BCUT2D eigenvalue weighted by atomic mass is 10.1. The van der Waals surface area contributed by atoms with Crippen molar-refractivity contribution >= 4 is 64.1 Å². The molecule has 0 aliphatic carbocycles. The zero-order valence-corrected chi connectivity index (χ0v) is 39.5. The molecule has 0 saturated carbocycles. The van der Waals surface area contributed by atoms with E-state index in [-0.39, 0.29) is 61.0 Å². The molecule has 0 aliphatic heterocycles. The molecule has 0 aliphatic rings. The van der Waals surface area contributed by atoms with Gasteiger partial charge in [-0.25, -0.2) is 0 Å². The lowest BCUT2D eigenvalue weighted by molar-refractivity contribution is -0.118. The Morgan fingerprint density at radius 1 is 0.516 bits per heavy atom. The highest BCUT2D eigenvalue weighted by Crippen LogP contribution is 2.05. The lowest BCUT2D eigenvalue weighted by Gasteiger charge is -2.23. The van der Waals surface area contributed by atoms with E-state index in [0.717, 1.165) is 31.8 Å². The van der Waals surface area contributed by atoms with Crippen molar-refractivity contribution in [1.82, 2.24) is 21.3 Å². The fraction of sp³-hybridized carbons (Fsp3) is 0.667. The van der Waals surface area contributed by atoms with Crippen molar-refractivity contribution in [1.29, 1.82) is 0 Å². The summed E-state index contributed by atoms with van der Waals surface area (Å²) >= 11 is 0. The zero-order valence-electron chi connectivity index (χ0n) is 36.3. The minimum Gasteiger partial charge on any atom is -0.381 e. The predicted octanol–water partition coefficient (Wildman–Crippen LogP) is 1.42. The average Bonchev–Trinajstić information content (AvgIpc) is 3.09. The van der Waals surface area contributed by atoms with E-state index in [1.165, 1.54) is 13.8 Å². The fourth-order valence-electron chi connectivity index (χ4n) is 3.80. The van der Waals surface area contributed by atoms with E-state index in [1.54, 1.807) is 20.8 Å². The van der Waals surface area contributed by atoms with Gasteiger partial charge in [-0.1, -0.05) is 39.2 Å². The maximum Gasteiger partial charge on any atom is 0.267 e. The first-order chi connectivity index (χ1) is 28.1. The van der Waals surface area contributed by atoms with Gasteiger partial charge in [-0.05, 0) is 72.8 Å². The number of nitrogens with one attached hydrogen (secondary N) is 4. The molecule has 0 saturated heterocycles. The van der Waals surface area contributed by atoms with Gasteiger partial charge in [0.15, 0.2) is 0 Å². The first-order valence-electron chi connectivity index (χ1n) is 18.9. The quantitative estimate of drug-likeness (QED) is 0.0298. The summed E-state index contributed by atoms with van der Waals surface area (Å²) in [6.45, 7) is 24.1. The second-order valence-corrected chi connectivity index (χ2v) is 20.1. The Balaban J connectivity index is -0.000000368. The SMILES string of the molecule is C=C(C)C(=O)NCCCCCCOCCCS(=O)(=O)O.C=C(C)C(=O)NCCCS(=O)(=O)O.C=C(C)C(=O)NCCOCCCS(=O)(=O)O.C=CC(=O)NC(C)(C)CS(=O)(=O)O. The molecule has 0 unspecified atom stereocenters. The number of amides is 4. The van der Waals surface area contributed by atoms with Gasteiger partial charge in [-0.15, -0.1) is 0 Å². The Bertz CT molecular complexity index is 1860. The van der Waals surface area contributed by atoms with Crippen molar-refractivity contribution in [2.45, 2.75) is 85.1 Å². The lowest BCUT2D eigenvalue weighted by Crippen LogP contribution is -2.47. The molecule has 0 rings (SSSR count). The van der Waals surface area contributed by atoms with E-state index in [4.69, 9.17) is 27.7 Å². The van der Waals surface area contributed by atoms with Crippen molar-refractivity contribution < 1.29 is 80.5 Å². The first kappa shape index (κ1) is 65.0. The summed E-state index contributed by atoms with van der Waals surface area (Å²) in [7, 11) is -15.8. The average molecular weight is 973 g/mol. The topological polar surface area (TPSA) is 352 Å². The van der Waals surface area contributed by atoms with E-state index < -0.39 is 57.7 Å². The molecule has 0 aromatic heterocycles. The highest BCUT2D eigenvalue weighted by molar-refractivity contribution is 7.86. The van der Waals surface area contributed by atoms with Gasteiger partial charge in [0.05, 0.1) is 35.2 Å². The summed E-state index contributed by atoms with van der Waals surface area (Å²) in [4.78, 5) is 43.8. The number of carbonyl (C=O) groups is 4. The summed E-state index contributed by atoms with van der Waals surface area (Å²) in [5, 5.41) is 10.1. The molecule has 22 nitrogen and oxygen atoms in total. The first-order valence-corrected chi connectivity index (χ1v) is 25.3.